The van der Waals surface area contributed by atoms with E-state index < -0.39 is 10.0 Å². The van der Waals surface area contributed by atoms with Crippen molar-refractivity contribution >= 4 is 27.8 Å². The quantitative estimate of drug-likeness (QED) is 0.522. The zero-order valence-electron chi connectivity index (χ0n) is 20.0. The Kier molecular flexibility index (Phi) is 9.07. The zero-order chi connectivity index (χ0) is 24.7. The van der Waals surface area contributed by atoms with Gasteiger partial charge in [-0.2, -0.15) is 0 Å². The maximum Gasteiger partial charge on any atom is 0.310 e. The minimum atomic E-state index is -3.71. The Hall–Kier alpha value is -2.46. The molecule has 0 bridgehead atoms. The molecule has 1 fully saturated rings. The molecule has 9 nitrogen and oxygen atoms in total. The summed E-state index contributed by atoms with van der Waals surface area (Å²) in [5, 5.41) is 0. The van der Waals surface area contributed by atoms with Gasteiger partial charge in [-0.15, -0.1) is 0 Å². The molecule has 1 aromatic rings. The molecule has 0 radical (unpaired) electrons. The van der Waals surface area contributed by atoms with E-state index >= 15 is 0 Å². The number of ether oxygens (including phenoxy) is 1. The van der Waals surface area contributed by atoms with Crippen LogP contribution in [0.4, 0.5) is 0 Å². The molecule has 2 amide bonds. The Bertz CT molecular complexity index is 1010. The van der Waals surface area contributed by atoms with Crippen molar-refractivity contribution in [3.8, 4) is 0 Å². The molecule has 1 aliphatic heterocycles. The average Bonchev–Trinajstić information content (AvgIpc) is 2.83. The number of likely N-dealkylation sites (tertiary alicyclic amines) is 1. The molecule has 1 atom stereocenters. The maximum absolute atomic E-state index is 12.7. The molecular weight excluding hydrogens is 458 g/mol. The van der Waals surface area contributed by atoms with Gasteiger partial charge >= 0.3 is 5.97 Å². The fourth-order valence-corrected chi connectivity index (χ4v) is 5.57. The summed E-state index contributed by atoms with van der Waals surface area (Å²) < 4.78 is 32.9. The first-order valence-corrected chi connectivity index (χ1v) is 13.5. The van der Waals surface area contributed by atoms with Gasteiger partial charge in [-0.05, 0) is 68.7 Å². The van der Waals surface area contributed by atoms with Crippen LogP contribution in [0.15, 0.2) is 23.1 Å². The number of nitrogens with zero attached hydrogens (tertiary/aromatic N) is 2. The molecule has 1 aromatic carbocycles. The highest BCUT2D eigenvalue weighted by Gasteiger charge is 2.30. The normalized spacial score (nSPS) is 18.2. The third kappa shape index (κ3) is 6.79. The number of hydrogen-bond acceptors (Lipinski definition) is 6. The third-order valence-electron chi connectivity index (χ3n) is 6.45. The summed E-state index contributed by atoms with van der Waals surface area (Å²) in [6, 6.07) is 5.22. The van der Waals surface area contributed by atoms with E-state index in [0.29, 0.717) is 32.5 Å². The largest absolute Gasteiger partial charge is 0.466 e. The highest BCUT2D eigenvalue weighted by atomic mass is 32.2. The van der Waals surface area contributed by atoms with E-state index in [1.54, 1.807) is 24.0 Å². The Balaban J connectivity index is 1.46. The molecule has 0 aromatic heterocycles. The van der Waals surface area contributed by atoms with E-state index in [1.165, 1.54) is 17.5 Å². The highest BCUT2D eigenvalue weighted by molar-refractivity contribution is 7.89. The lowest BCUT2D eigenvalue weighted by Crippen LogP contribution is -2.47. The molecule has 10 heteroatoms. The van der Waals surface area contributed by atoms with Crippen molar-refractivity contribution in [3.05, 3.63) is 29.3 Å². The number of carbonyl (C=O) groups is 3. The number of esters is 1. The fourth-order valence-electron chi connectivity index (χ4n) is 4.49. The topological polar surface area (TPSA) is 113 Å². The number of sulfonamides is 1. The van der Waals surface area contributed by atoms with Crippen LogP contribution in [0.25, 0.3) is 0 Å². The van der Waals surface area contributed by atoms with Crippen LogP contribution in [-0.4, -0.2) is 75.8 Å². The van der Waals surface area contributed by atoms with Crippen LogP contribution in [0.5, 0.6) is 0 Å². The predicted octanol–water partition coefficient (Wildman–Crippen LogP) is 1.49. The number of likely N-dealkylation sites (N-methyl/N-ethyl adjacent to an activating group) is 1. The van der Waals surface area contributed by atoms with Crippen molar-refractivity contribution in [1.29, 1.82) is 0 Å². The van der Waals surface area contributed by atoms with Gasteiger partial charge in [-0.1, -0.05) is 6.07 Å². The van der Waals surface area contributed by atoms with Crippen molar-refractivity contribution in [1.82, 2.24) is 14.5 Å². The van der Waals surface area contributed by atoms with Crippen LogP contribution in [0.1, 0.15) is 50.2 Å². The second-order valence-electron chi connectivity index (χ2n) is 8.97. The number of hydrogen-bond donors (Lipinski definition) is 1. The van der Waals surface area contributed by atoms with Gasteiger partial charge in [-0.3, -0.25) is 14.4 Å². The van der Waals surface area contributed by atoms with Crippen LogP contribution >= 0.6 is 0 Å². The number of aryl methyl sites for hydroxylation is 2. The lowest BCUT2D eigenvalue weighted by atomic mass is 9.92. The molecule has 0 spiro atoms. The number of rotatable bonds is 9. The molecule has 1 unspecified atom stereocenters. The Morgan fingerprint density at radius 3 is 2.62 bits per heavy atom. The van der Waals surface area contributed by atoms with Crippen molar-refractivity contribution in [2.45, 2.75) is 56.8 Å². The van der Waals surface area contributed by atoms with Gasteiger partial charge in [0, 0.05) is 33.1 Å². The van der Waals surface area contributed by atoms with Crippen LogP contribution < -0.4 is 4.72 Å². The number of carbonyl (C=O) groups excluding carboxylic acids is 3. The summed E-state index contributed by atoms with van der Waals surface area (Å²) >= 11 is 0. The standard InChI is InChI=1S/C24H35N3O6S/c1-3-33-24(30)20-9-6-14-27(16-20)23(29)17-26(2)22(28)12-13-25-34(31,32)21-11-10-18-7-4-5-8-19(18)15-21/h10-11,15,20,25H,3-9,12-14,16-17H2,1-2H3. The zero-order valence-corrected chi connectivity index (χ0v) is 20.9. The van der Waals surface area contributed by atoms with Crippen molar-refractivity contribution < 1.29 is 27.5 Å². The van der Waals surface area contributed by atoms with Gasteiger partial charge in [0.25, 0.3) is 0 Å². The van der Waals surface area contributed by atoms with E-state index in [4.69, 9.17) is 4.74 Å². The predicted molar refractivity (Wildman–Crippen MR) is 126 cm³/mol. The van der Waals surface area contributed by atoms with Crippen LogP contribution in [-0.2, 0) is 42.0 Å². The van der Waals surface area contributed by atoms with Crippen LogP contribution in [0.3, 0.4) is 0 Å². The number of nitrogens with one attached hydrogen (secondary N) is 1. The summed E-state index contributed by atoms with van der Waals surface area (Å²) in [7, 11) is -2.20. The van der Waals surface area contributed by atoms with E-state index in [1.807, 2.05) is 6.07 Å². The molecule has 1 N–H and O–H groups in total. The molecule has 1 saturated heterocycles. The lowest BCUT2D eigenvalue weighted by Gasteiger charge is -2.32. The second kappa shape index (κ2) is 11.8. The smallest absolute Gasteiger partial charge is 0.310 e. The van der Waals surface area contributed by atoms with Gasteiger partial charge in [0.05, 0.1) is 24.0 Å². The van der Waals surface area contributed by atoms with Gasteiger partial charge in [0.2, 0.25) is 21.8 Å². The fraction of sp³-hybridized carbons (Fsp3) is 0.625. The number of amides is 2. The molecule has 0 saturated carbocycles. The molecular formula is C24H35N3O6S. The van der Waals surface area contributed by atoms with Gasteiger partial charge in [0.1, 0.15) is 0 Å². The maximum atomic E-state index is 12.7. The summed E-state index contributed by atoms with van der Waals surface area (Å²) in [4.78, 5) is 40.2. The molecule has 188 valence electrons. The van der Waals surface area contributed by atoms with Crippen LogP contribution in [0.2, 0.25) is 0 Å². The van der Waals surface area contributed by atoms with Gasteiger partial charge in [-0.25, -0.2) is 13.1 Å². The van der Waals surface area contributed by atoms with Gasteiger partial charge in [0.15, 0.2) is 0 Å². The van der Waals surface area contributed by atoms with E-state index in [2.05, 4.69) is 4.72 Å². The summed E-state index contributed by atoms with van der Waals surface area (Å²) in [6.07, 6.45) is 5.37. The summed E-state index contributed by atoms with van der Waals surface area (Å²) in [5.74, 6) is -1.20. The number of fused-ring (bicyclic) bond motifs is 1. The summed E-state index contributed by atoms with van der Waals surface area (Å²) in [5.41, 5.74) is 2.28. The number of piperidine rings is 1. The van der Waals surface area contributed by atoms with Crippen LogP contribution in [0, 0.1) is 5.92 Å². The van der Waals surface area contributed by atoms with Crippen molar-refractivity contribution in [3.63, 3.8) is 0 Å². The van der Waals surface area contributed by atoms with E-state index in [-0.39, 0.29) is 48.1 Å². The number of benzene rings is 1. The minimum absolute atomic E-state index is 0.0502. The van der Waals surface area contributed by atoms with Crippen molar-refractivity contribution in [2.24, 2.45) is 5.92 Å². The van der Waals surface area contributed by atoms with E-state index in [9.17, 15) is 22.8 Å². The first-order chi connectivity index (χ1) is 16.2. The molecule has 34 heavy (non-hydrogen) atoms. The van der Waals surface area contributed by atoms with Gasteiger partial charge < -0.3 is 14.5 Å². The summed E-state index contributed by atoms with van der Waals surface area (Å²) in [6.45, 7) is 2.71. The molecule has 1 aliphatic carbocycles. The average molecular weight is 494 g/mol. The molecule has 2 aliphatic rings. The second-order valence-corrected chi connectivity index (χ2v) is 10.7. The first-order valence-electron chi connectivity index (χ1n) is 12.0. The SMILES string of the molecule is CCOC(=O)C1CCCN(C(=O)CN(C)C(=O)CCNS(=O)(=O)c2ccc3c(c2)CCCC3)C1. The Labute approximate surface area is 201 Å². The highest BCUT2D eigenvalue weighted by Crippen LogP contribution is 2.24. The minimum Gasteiger partial charge on any atom is -0.466 e. The van der Waals surface area contributed by atoms with E-state index in [0.717, 1.165) is 31.2 Å². The first kappa shape index (κ1) is 26.2. The van der Waals surface area contributed by atoms with Crippen molar-refractivity contribution in [2.75, 3.05) is 39.8 Å². The lowest BCUT2D eigenvalue weighted by molar-refractivity contribution is -0.152. The Morgan fingerprint density at radius 2 is 1.88 bits per heavy atom. The molecule has 1 heterocycles. The monoisotopic (exact) mass is 493 g/mol. The Morgan fingerprint density at radius 1 is 1.15 bits per heavy atom. The molecule has 3 rings (SSSR count). The third-order valence-corrected chi connectivity index (χ3v) is 7.91.